The molecule has 1 N–H and O–H groups in total. The average Bonchev–Trinajstić information content (AvgIpc) is 2.54. The molecule has 1 fully saturated rings. The minimum atomic E-state index is -0.825. The maximum Gasteiger partial charge on any atom is 0.359 e. The Hall–Kier alpha value is -2.49. The highest BCUT2D eigenvalue weighted by Gasteiger charge is 2.33. The van der Waals surface area contributed by atoms with Crippen molar-refractivity contribution < 1.29 is 14.3 Å². The van der Waals surface area contributed by atoms with Gasteiger partial charge in [-0.15, -0.1) is 0 Å². The Bertz CT molecular complexity index is 547. The lowest BCUT2D eigenvalue weighted by molar-refractivity contribution is -0.125. The fourth-order valence-electron chi connectivity index (χ4n) is 2.33. The molecule has 7 heteroatoms. The molecule has 1 amide bonds. The third kappa shape index (κ3) is 3.99. The van der Waals surface area contributed by atoms with E-state index in [2.05, 4.69) is 21.4 Å². The summed E-state index contributed by atoms with van der Waals surface area (Å²) < 4.78 is 4.86. The van der Waals surface area contributed by atoms with Gasteiger partial charge in [-0.3, -0.25) is 9.78 Å². The molecule has 1 aromatic heterocycles. The van der Waals surface area contributed by atoms with Crippen LogP contribution in [0.1, 0.15) is 42.6 Å². The van der Waals surface area contributed by atoms with E-state index in [4.69, 9.17) is 4.74 Å². The number of carbonyl (C=O) groups is 2. The molecule has 21 heavy (non-hydrogen) atoms. The van der Waals surface area contributed by atoms with Crippen LogP contribution in [-0.4, -0.2) is 34.0 Å². The second-order valence-electron chi connectivity index (χ2n) is 4.97. The molecule has 1 heterocycles. The van der Waals surface area contributed by atoms with E-state index in [0.717, 1.165) is 19.3 Å². The molecule has 0 spiro atoms. The van der Waals surface area contributed by atoms with Gasteiger partial charge >= 0.3 is 5.97 Å². The molecule has 1 aromatic rings. The fraction of sp³-hybridized carbons (Fsp3) is 0.500. The van der Waals surface area contributed by atoms with Crippen LogP contribution >= 0.6 is 0 Å². The minimum Gasteiger partial charge on any atom is -0.451 e. The summed E-state index contributed by atoms with van der Waals surface area (Å²) in [5, 5.41) is 11.9. The number of aromatic nitrogens is 2. The van der Waals surface area contributed by atoms with Crippen LogP contribution in [-0.2, 0) is 9.53 Å². The Labute approximate surface area is 122 Å². The Morgan fingerprint density at radius 3 is 2.71 bits per heavy atom. The molecule has 1 aliphatic rings. The zero-order chi connectivity index (χ0) is 15.1. The molecule has 0 aliphatic heterocycles. The van der Waals surface area contributed by atoms with Crippen LogP contribution in [0.5, 0.6) is 0 Å². The Morgan fingerprint density at radius 1 is 1.33 bits per heavy atom. The fourth-order valence-corrected chi connectivity index (χ4v) is 2.33. The van der Waals surface area contributed by atoms with Crippen molar-refractivity contribution in [1.29, 1.82) is 5.26 Å². The molecule has 7 nitrogen and oxygen atoms in total. The van der Waals surface area contributed by atoms with Gasteiger partial charge in [-0.25, -0.2) is 9.78 Å². The highest BCUT2D eigenvalue weighted by atomic mass is 16.5. The zero-order valence-electron chi connectivity index (χ0n) is 11.5. The third-order valence-electron chi connectivity index (χ3n) is 3.41. The van der Waals surface area contributed by atoms with Crippen molar-refractivity contribution in [2.45, 2.75) is 37.6 Å². The lowest BCUT2D eigenvalue weighted by Gasteiger charge is -2.31. The van der Waals surface area contributed by atoms with Crippen LogP contribution in [0.2, 0.25) is 0 Å². The monoisotopic (exact) mass is 288 g/mol. The molecule has 1 saturated carbocycles. The van der Waals surface area contributed by atoms with E-state index in [1.54, 1.807) is 0 Å². The first-order valence-electron chi connectivity index (χ1n) is 6.81. The van der Waals surface area contributed by atoms with Gasteiger partial charge in [0.2, 0.25) is 0 Å². The molecule has 110 valence electrons. The summed E-state index contributed by atoms with van der Waals surface area (Å²) in [5.74, 6) is -1.19. The van der Waals surface area contributed by atoms with Crippen molar-refractivity contribution in [2.75, 3.05) is 6.61 Å². The maximum atomic E-state index is 11.8. The summed E-state index contributed by atoms with van der Waals surface area (Å²) in [7, 11) is 0. The van der Waals surface area contributed by atoms with E-state index in [1.165, 1.54) is 18.6 Å². The number of ether oxygens (including phenoxy) is 1. The first-order valence-corrected chi connectivity index (χ1v) is 6.81. The number of nitrogens with one attached hydrogen (secondary N) is 1. The lowest BCUT2D eigenvalue weighted by Crippen LogP contribution is -2.50. The highest BCUT2D eigenvalue weighted by molar-refractivity contribution is 5.89. The molecule has 0 unspecified atom stereocenters. The van der Waals surface area contributed by atoms with Gasteiger partial charge in [-0.1, -0.05) is 19.3 Å². The Kier molecular flexibility index (Phi) is 4.82. The SMILES string of the molecule is N#CC1(NC(=O)COC(=O)c2cnccn2)CCCCC1. The molecule has 0 saturated heterocycles. The first kappa shape index (κ1) is 14.9. The van der Waals surface area contributed by atoms with Gasteiger partial charge in [0.05, 0.1) is 12.3 Å². The largest absolute Gasteiger partial charge is 0.451 e. The third-order valence-corrected chi connectivity index (χ3v) is 3.41. The maximum absolute atomic E-state index is 11.8. The van der Waals surface area contributed by atoms with E-state index in [-0.39, 0.29) is 5.69 Å². The molecule has 2 rings (SSSR count). The number of amides is 1. The van der Waals surface area contributed by atoms with Gasteiger partial charge in [0.15, 0.2) is 12.3 Å². The smallest absolute Gasteiger partial charge is 0.359 e. The van der Waals surface area contributed by atoms with Crippen molar-refractivity contribution in [3.8, 4) is 6.07 Å². The van der Waals surface area contributed by atoms with Crippen LogP contribution in [0, 0.1) is 11.3 Å². The van der Waals surface area contributed by atoms with Crippen molar-refractivity contribution in [2.24, 2.45) is 0 Å². The molecule has 1 aliphatic carbocycles. The van der Waals surface area contributed by atoms with E-state index in [1.807, 2.05) is 0 Å². The summed E-state index contributed by atoms with van der Waals surface area (Å²) in [5.41, 5.74) is -0.785. The molecule has 0 bridgehead atoms. The molecule has 0 aromatic carbocycles. The molecular weight excluding hydrogens is 272 g/mol. The standard InChI is InChI=1S/C14H16N4O3/c15-10-14(4-2-1-3-5-14)18-12(19)9-21-13(20)11-8-16-6-7-17-11/h6-8H,1-5,9H2,(H,18,19). The quantitative estimate of drug-likeness (QED) is 0.828. The lowest BCUT2D eigenvalue weighted by atomic mass is 9.83. The number of nitriles is 1. The van der Waals surface area contributed by atoms with Crippen LogP contribution in [0.3, 0.4) is 0 Å². The van der Waals surface area contributed by atoms with E-state index < -0.39 is 24.0 Å². The number of esters is 1. The summed E-state index contributed by atoms with van der Waals surface area (Å²) >= 11 is 0. The highest BCUT2D eigenvalue weighted by Crippen LogP contribution is 2.27. The Balaban J connectivity index is 1.85. The van der Waals surface area contributed by atoms with Crippen molar-refractivity contribution in [1.82, 2.24) is 15.3 Å². The number of rotatable bonds is 4. The molecule has 0 radical (unpaired) electrons. The van der Waals surface area contributed by atoms with Crippen LogP contribution in [0.4, 0.5) is 0 Å². The second kappa shape index (κ2) is 6.79. The average molecular weight is 288 g/mol. The number of hydrogen-bond acceptors (Lipinski definition) is 6. The topological polar surface area (TPSA) is 105 Å². The normalized spacial score (nSPS) is 16.5. The summed E-state index contributed by atoms with van der Waals surface area (Å²) in [4.78, 5) is 31.0. The molecule has 0 atom stereocenters. The van der Waals surface area contributed by atoms with Gasteiger partial charge in [0.25, 0.3) is 5.91 Å². The number of nitrogens with zero attached hydrogens (tertiary/aromatic N) is 3. The van der Waals surface area contributed by atoms with Crippen molar-refractivity contribution in [3.63, 3.8) is 0 Å². The second-order valence-corrected chi connectivity index (χ2v) is 4.97. The zero-order valence-corrected chi connectivity index (χ0v) is 11.5. The van der Waals surface area contributed by atoms with Gasteiger partial charge in [0, 0.05) is 12.4 Å². The summed E-state index contributed by atoms with van der Waals surface area (Å²) in [6, 6.07) is 2.17. The summed E-state index contributed by atoms with van der Waals surface area (Å²) in [6.45, 7) is -0.432. The van der Waals surface area contributed by atoms with Crippen molar-refractivity contribution >= 4 is 11.9 Å². The predicted molar refractivity (Wildman–Crippen MR) is 71.9 cm³/mol. The predicted octanol–water partition coefficient (Wildman–Crippen LogP) is 0.976. The van der Waals surface area contributed by atoms with Gasteiger partial charge < -0.3 is 10.1 Å². The number of hydrogen-bond donors (Lipinski definition) is 1. The van der Waals surface area contributed by atoms with E-state index in [0.29, 0.717) is 12.8 Å². The summed E-state index contributed by atoms with van der Waals surface area (Å²) in [6.07, 6.45) is 8.22. The first-order chi connectivity index (χ1) is 10.2. The van der Waals surface area contributed by atoms with Gasteiger partial charge in [0.1, 0.15) is 5.54 Å². The van der Waals surface area contributed by atoms with Gasteiger partial charge in [-0.05, 0) is 12.8 Å². The van der Waals surface area contributed by atoms with E-state index >= 15 is 0 Å². The number of carbonyl (C=O) groups excluding carboxylic acids is 2. The van der Waals surface area contributed by atoms with E-state index in [9.17, 15) is 14.9 Å². The Morgan fingerprint density at radius 2 is 2.10 bits per heavy atom. The van der Waals surface area contributed by atoms with Gasteiger partial charge in [-0.2, -0.15) is 5.26 Å². The van der Waals surface area contributed by atoms with Crippen LogP contribution in [0.15, 0.2) is 18.6 Å². The van der Waals surface area contributed by atoms with Crippen molar-refractivity contribution in [3.05, 3.63) is 24.3 Å². The molecular formula is C14H16N4O3. The minimum absolute atomic E-state index is 0.0398. The van der Waals surface area contributed by atoms with Crippen LogP contribution in [0.25, 0.3) is 0 Å². The van der Waals surface area contributed by atoms with Crippen LogP contribution < -0.4 is 5.32 Å².